The zero-order chi connectivity index (χ0) is 12.1. The molecule has 0 fully saturated rings. The molecular weight excluding hydrogens is 218 g/mol. The van der Waals surface area contributed by atoms with Gasteiger partial charge in [0.05, 0.1) is 19.3 Å². The van der Waals surface area contributed by atoms with E-state index in [9.17, 15) is 0 Å². The molecule has 92 valence electrons. The van der Waals surface area contributed by atoms with Crippen LogP contribution in [0.15, 0.2) is 24.5 Å². The van der Waals surface area contributed by atoms with Crippen LogP contribution in [-0.4, -0.2) is 33.2 Å². The first-order chi connectivity index (χ1) is 8.29. The van der Waals surface area contributed by atoms with E-state index >= 15 is 0 Å². The molecule has 2 rings (SSSR count). The molecule has 6 nitrogen and oxygen atoms in total. The molecule has 0 radical (unpaired) electrons. The van der Waals surface area contributed by atoms with E-state index in [1.165, 1.54) is 0 Å². The van der Waals surface area contributed by atoms with E-state index in [0.29, 0.717) is 0 Å². The molecule has 0 saturated carbocycles. The SMILES string of the molecule is COc1cc(CNCCn2cccn2)nn1C. The fourth-order valence-corrected chi connectivity index (χ4v) is 1.63. The Hall–Kier alpha value is -1.82. The van der Waals surface area contributed by atoms with Gasteiger partial charge in [0, 0.05) is 38.6 Å². The molecule has 2 aromatic heterocycles. The summed E-state index contributed by atoms with van der Waals surface area (Å²) in [5.74, 6) is 0.772. The lowest BCUT2D eigenvalue weighted by Gasteiger charge is -2.02. The van der Waals surface area contributed by atoms with Crippen LogP contribution in [0.3, 0.4) is 0 Å². The van der Waals surface area contributed by atoms with Crippen LogP contribution < -0.4 is 10.1 Å². The van der Waals surface area contributed by atoms with Gasteiger partial charge in [-0.1, -0.05) is 0 Å². The predicted octanol–water partition coefficient (Wildman–Crippen LogP) is 0.415. The van der Waals surface area contributed by atoms with Gasteiger partial charge in [0.25, 0.3) is 0 Å². The van der Waals surface area contributed by atoms with Gasteiger partial charge in [-0.2, -0.15) is 10.2 Å². The van der Waals surface area contributed by atoms with Gasteiger partial charge in [-0.15, -0.1) is 0 Å². The van der Waals surface area contributed by atoms with Gasteiger partial charge in [0.15, 0.2) is 0 Å². The highest BCUT2D eigenvalue weighted by molar-refractivity contribution is 5.15. The number of nitrogens with one attached hydrogen (secondary N) is 1. The van der Waals surface area contributed by atoms with Crippen molar-refractivity contribution in [1.82, 2.24) is 24.9 Å². The van der Waals surface area contributed by atoms with E-state index < -0.39 is 0 Å². The summed E-state index contributed by atoms with van der Waals surface area (Å²) in [6.45, 7) is 2.45. The van der Waals surface area contributed by atoms with Gasteiger partial charge in [0.1, 0.15) is 0 Å². The minimum Gasteiger partial charge on any atom is -0.481 e. The molecule has 17 heavy (non-hydrogen) atoms. The second kappa shape index (κ2) is 5.49. The predicted molar refractivity (Wildman–Crippen MR) is 63.7 cm³/mol. The third-order valence-corrected chi connectivity index (χ3v) is 2.48. The number of aryl methyl sites for hydroxylation is 1. The van der Waals surface area contributed by atoms with Crippen molar-refractivity contribution in [3.8, 4) is 5.88 Å². The van der Waals surface area contributed by atoms with E-state index in [0.717, 1.165) is 31.2 Å². The summed E-state index contributed by atoms with van der Waals surface area (Å²) < 4.78 is 8.77. The highest BCUT2D eigenvalue weighted by atomic mass is 16.5. The van der Waals surface area contributed by atoms with Crippen molar-refractivity contribution in [1.29, 1.82) is 0 Å². The first-order valence-electron chi connectivity index (χ1n) is 5.54. The fourth-order valence-electron chi connectivity index (χ4n) is 1.63. The van der Waals surface area contributed by atoms with Crippen LogP contribution in [0.5, 0.6) is 5.88 Å². The normalized spacial score (nSPS) is 10.7. The zero-order valence-electron chi connectivity index (χ0n) is 10.1. The summed E-state index contributed by atoms with van der Waals surface area (Å²) in [7, 11) is 3.51. The Bertz CT molecular complexity index is 448. The largest absolute Gasteiger partial charge is 0.481 e. The van der Waals surface area contributed by atoms with Crippen LogP contribution in [0.2, 0.25) is 0 Å². The molecule has 1 N–H and O–H groups in total. The Kier molecular flexibility index (Phi) is 3.77. The smallest absolute Gasteiger partial charge is 0.211 e. The third-order valence-electron chi connectivity index (χ3n) is 2.48. The molecule has 0 atom stereocenters. The van der Waals surface area contributed by atoms with Gasteiger partial charge >= 0.3 is 0 Å². The van der Waals surface area contributed by atoms with Gasteiger partial charge in [-0.3, -0.25) is 4.68 Å². The maximum absolute atomic E-state index is 5.15. The van der Waals surface area contributed by atoms with Crippen LogP contribution in [0.25, 0.3) is 0 Å². The van der Waals surface area contributed by atoms with E-state index in [1.807, 2.05) is 30.1 Å². The molecule has 0 saturated heterocycles. The van der Waals surface area contributed by atoms with Crippen molar-refractivity contribution in [3.05, 3.63) is 30.2 Å². The van der Waals surface area contributed by atoms with Crippen molar-refractivity contribution in [2.24, 2.45) is 7.05 Å². The summed E-state index contributed by atoms with van der Waals surface area (Å²) in [6, 6.07) is 3.85. The lowest BCUT2D eigenvalue weighted by Crippen LogP contribution is -2.20. The van der Waals surface area contributed by atoms with E-state index in [1.54, 1.807) is 18.0 Å². The first kappa shape index (κ1) is 11.7. The minimum absolute atomic E-state index is 0.735. The minimum atomic E-state index is 0.735. The number of hydrogen-bond acceptors (Lipinski definition) is 4. The molecule has 6 heteroatoms. The number of methoxy groups -OCH3 is 1. The van der Waals surface area contributed by atoms with Crippen LogP contribution in [0, 0.1) is 0 Å². The molecule has 0 aliphatic heterocycles. The van der Waals surface area contributed by atoms with Crippen molar-refractivity contribution < 1.29 is 4.74 Å². The van der Waals surface area contributed by atoms with E-state index in [2.05, 4.69) is 15.5 Å². The summed E-state index contributed by atoms with van der Waals surface area (Å²) in [5, 5.41) is 11.8. The van der Waals surface area contributed by atoms with Crippen LogP contribution in [-0.2, 0) is 20.1 Å². The molecule has 0 unspecified atom stereocenters. The maximum Gasteiger partial charge on any atom is 0.211 e. The summed E-state index contributed by atoms with van der Waals surface area (Å²) >= 11 is 0. The molecule has 0 aliphatic rings. The van der Waals surface area contributed by atoms with Crippen molar-refractivity contribution in [2.75, 3.05) is 13.7 Å². The molecule has 0 amide bonds. The molecule has 2 aromatic rings. The van der Waals surface area contributed by atoms with Crippen molar-refractivity contribution >= 4 is 0 Å². The molecule has 2 heterocycles. The second-order valence-corrected chi connectivity index (χ2v) is 3.75. The number of ether oxygens (including phenoxy) is 1. The highest BCUT2D eigenvalue weighted by Gasteiger charge is 2.03. The molecule has 0 aromatic carbocycles. The Morgan fingerprint density at radius 2 is 2.35 bits per heavy atom. The van der Waals surface area contributed by atoms with Gasteiger partial charge in [-0.05, 0) is 6.07 Å². The lowest BCUT2D eigenvalue weighted by molar-refractivity contribution is 0.373. The molecule has 0 aliphatic carbocycles. The van der Waals surface area contributed by atoms with E-state index in [-0.39, 0.29) is 0 Å². The fraction of sp³-hybridized carbons (Fsp3) is 0.455. The van der Waals surface area contributed by atoms with Crippen molar-refractivity contribution in [2.45, 2.75) is 13.1 Å². The Morgan fingerprint density at radius 1 is 1.47 bits per heavy atom. The summed E-state index contributed by atoms with van der Waals surface area (Å²) in [6.07, 6.45) is 3.73. The van der Waals surface area contributed by atoms with E-state index in [4.69, 9.17) is 4.74 Å². The summed E-state index contributed by atoms with van der Waals surface area (Å²) in [5.41, 5.74) is 0.977. The van der Waals surface area contributed by atoms with Gasteiger partial charge in [0.2, 0.25) is 5.88 Å². The van der Waals surface area contributed by atoms with Crippen LogP contribution >= 0.6 is 0 Å². The highest BCUT2D eigenvalue weighted by Crippen LogP contribution is 2.10. The first-order valence-corrected chi connectivity index (χ1v) is 5.54. The standard InChI is InChI=1S/C11H17N5O/c1-15-11(17-2)8-10(14-15)9-12-5-7-16-6-3-4-13-16/h3-4,6,8,12H,5,7,9H2,1-2H3. The molecule has 0 spiro atoms. The Labute approximate surface area is 100 Å². The van der Waals surface area contributed by atoms with Crippen molar-refractivity contribution in [3.63, 3.8) is 0 Å². The quantitative estimate of drug-likeness (QED) is 0.737. The maximum atomic E-state index is 5.15. The van der Waals surface area contributed by atoms with Gasteiger partial charge in [-0.25, -0.2) is 4.68 Å². The Morgan fingerprint density at radius 3 is 3.00 bits per heavy atom. The molecular formula is C11H17N5O. The van der Waals surface area contributed by atoms with Crippen LogP contribution in [0.4, 0.5) is 0 Å². The number of nitrogens with zero attached hydrogens (tertiary/aromatic N) is 4. The topological polar surface area (TPSA) is 56.9 Å². The third kappa shape index (κ3) is 3.07. The summed E-state index contributed by atoms with van der Waals surface area (Å²) in [4.78, 5) is 0. The van der Waals surface area contributed by atoms with Gasteiger partial charge < -0.3 is 10.1 Å². The average molecular weight is 235 g/mol. The lowest BCUT2D eigenvalue weighted by atomic mass is 10.4. The average Bonchev–Trinajstić information content (AvgIpc) is 2.94. The number of rotatable bonds is 6. The Balaban J connectivity index is 1.74. The second-order valence-electron chi connectivity index (χ2n) is 3.75. The monoisotopic (exact) mass is 235 g/mol. The zero-order valence-corrected chi connectivity index (χ0v) is 10.1. The molecule has 0 bridgehead atoms. The number of aromatic nitrogens is 4. The van der Waals surface area contributed by atoms with Crippen LogP contribution in [0.1, 0.15) is 5.69 Å². The number of hydrogen-bond donors (Lipinski definition) is 1.